The Balaban J connectivity index is 1.86. The second-order valence-electron chi connectivity index (χ2n) is 5.71. The molecule has 1 aliphatic rings. The molecular formula is C16H22N4O. The van der Waals surface area contributed by atoms with Crippen LogP contribution in [0.5, 0.6) is 0 Å². The number of hydrogen-bond acceptors (Lipinski definition) is 4. The second kappa shape index (κ2) is 6.37. The van der Waals surface area contributed by atoms with Crippen molar-refractivity contribution in [2.24, 2.45) is 0 Å². The maximum atomic E-state index is 12.2. The van der Waals surface area contributed by atoms with Crippen LogP contribution in [0.4, 0.5) is 0 Å². The molecule has 1 aromatic carbocycles. The van der Waals surface area contributed by atoms with Crippen LogP contribution < -0.4 is 10.9 Å². The van der Waals surface area contributed by atoms with Gasteiger partial charge in [-0.3, -0.25) is 9.69 Å². The van der Waals surface area contributed by atoms with Crippen LogP contribution in [0.1, 0.15) is 25.0 Å². The van der Waals surface area contributed by atoms with E-state index >= 15 is 0 Å². The molecule has 1 atom stereocenters. The van der Waals surface area contributed by atoms with E-state index in [0.717, 1.165) is 24.1 Å². The van der Waals surface area contributed by atoms with Crippen molar-refractivity contribution in [1.29, 1.82) is 0 Å². The first-order chi connectivity index (χ1) is 10.3. The average molecular weight is 286 g/mol. The number of aromatic nitrogens is 2. The van der Waals surface area contributed by atoms with E-state index in [2.05, 4.69) is 20.2 Å². The summed E-state index contributed by atoms with van der Waals surface area (Å²) in [5, 5.41) is 3.25. The summed E-state index contributed by atoms with van der Waals surface area (Å²) in [4.78, 5) is 22.1. The molecule has 1 unspecified atom stereocenters. The number of fused-ring (bicyclic) bond motifs is 1. The molecular weight excluding hydrogens is 264 g/mol. The van der Waals surface area contributed by atoms with Gasteiger partial charge in [-0.25, -0.2) is 4.98 Å². The molecule has 2 aromatic rings. The van der Waals surface area contributed by atoms with Crippen LogP contribution in [0, 0.1) is 0 Å². The van der Waals surface area contributed by atoms with Crippen molar-refractivity contribution in [1.82, 2.24) is 20.2 Å². The summed E-state index contributed by atoms with van der Waals surface area (Å²) in [6.07, 6.45) is 3.66. The highest BCUT2D eigenvalue weighted by atomic mass is 16.1. The molecule has 1 aliphatic heterocycles. The van der Waals surface area contributed by atoms with Crippen LogP contribution in [0.25, 0.3) is 11.0 Å². The van der Waals surface area contributed by atoms with Crippen molar-refractivity contribution in [2.45, 2.75) is 31.8 Å². The fourth-order valence-electron chi connectivity index (χ4n) is 3.10. The maximum absolute atomic E-state index is 12.2. The smallest absolute Gasteiger partial charge is 0.271 e. The first-order valence-corrected chi connectivity index (χ1v) is 7.64. The molecule has 1 fully saturated rings. The molecule has 3 rings (SSSR count). The SMILES string of the molecule is CNCC1CCCCN1Cc1nc2ccccc2[nH]c1=O. The van der Waals surface area contributed by atoms with E-state index in [1.807, 2.05) is 31.3 Å². The number of hydrogen-bond donors (Lipinski definition) is 2. The minimum atomic E-state index is -0.0671. The molecule has 1 saturated heterocycles. The molecule has 112 valence electrons. The molecule has 0 spiro atoms. The molecule has 0 bridgehead atoms. The standard InChI is InChI=1S/C16H22N4O/c1-17-10-12-6-4-5-9-20(12)11-15-16(21)19-14-8-3-2-7-13(14)18-15/h2-3,7-8,12,17H,4-6,9-11H2,1H3,(H,19,21). The average Bonchev–Trinajstić information content (AvgIpc) is 2.50. The van der Waals surface area contributed by atoms with E-state index in [4.69, 9.17) is 0 Å². The Labute approximate surface area is 124 Å². The Morgan fingerprint density at radius 3 is 3.10 bits per heavy atom. The molecule has 2 N–H and O–H groups in total. The summed E-state index contributed by atoms with van der Waals surface area (Å²) in [7, 11) is 1.98. The van der Waals surface area contributed by atoms with Gasteiger partial charge in [0.1, 0.15) is 5.69 Å². The van der Waals surface area contributed by atoms with Gasteiger partial charge in [0.25, 0.3) is 5.56 Å². The monoisotopic (exact) mass is 286 g/mol. The zero-order valence-electron chi connectivity index (χ0n) is 12.4. The summed E-state index contributed by atoms with van der Waals surface area (Å²) in [5.74, 6) is 0. The van der Waals surface area contributed by atoms with E-state index in [1.165, 1.54) is 19.3 Å². The van der Waals surface area contributed by atoms with E-state index in [0.29, 0.717) is 18.3 Å². The lowest BCUT2D eigenvalue weighted by atomic mass is 10.0. The van der Waals surface area contributed by atoms with E-state index in [1.54, 1.807) is 0 Å². The van der Waals surface area contributed by atoms with Crippen LogP contribution in [-0.2, 0) is 6.54 Å². The lowest BCUT2D eigenvalue weighted by molar-refractivity contribution is 0.137. The van der Waals surface area contributed by atoms with Gasteiger partial charge in [-0.05, 0) is 38.6 Å². The third-order valence-corrected chi connectivity index (χ3v) is 4.21. The van der Waals surface area contributed by atoms with Gasteiger partial charge < -0.3 is 10.3 Å². The molecule has 1 aromatic heterocycles. The van der Waals surface area contributed by atoms with Crippen LogP contribution >= 0.6 is 0 Å². The normalized spacial score (nSPS) is 20.0. The van der Waals surface area contributed by atoms with Crippen molar-refractivity contribution >= 4 is 11.0 Å². The lowest BCUT2D eigenvalue weighted by Gasteiger charge is -2.35. The molecule has 21 heavy (non-hydrogen) atoms. The summed E-state index contributed by atoms with van der Waals surface area (Å²) >= 11 is 0. The largest absolute Gasteiger partial charge is 0.319 e. The minimum Gasteiger partial charge on any atom is -0.319 e. The molecule has 5 heteroatoms. The minimum absolute atomic E-state index is 0.0671. The van der Waals surface area contributed by atoms with Crippen LogP contribution in [0.2, 0.25) is 0 Å². The summed E-state index contributed by atoms with van der Waals surface area (Å²) in [6.45, 7) is 2.64. The van der Waals surface area contributed by atoms with Gasteiger partial charge in [-0.2, -0.15) is 0 Å². The number of benzene rings is 1. The van der Waals surface area contributed by atoms with Crippen molar-refractivity contribution < 1.29 is 0 Å². The molecule has 0 amide bonds. The molecule has 0 aliphatic carbocycles. The van der Waals surface area contributed by atoms with Crippen molar-refractivity contribution in [2.75, 3.05) is 20.1 Å². The predicted octanol–water partition coefficient (Wildman–Crippen LogP) is 1.50. The Morgan fingerprint density at radius 1 is 1.38 bits per heavy atom. The number of para-hydroxylation sites is 2. The highest BCUT2D eigenvalue weighted by Gasteiger charge is 2.23. The van der Waals surface area contributed by atoms with Crippen LogP contribution in [0.15, 0.2) is 29.1 Å². The van der Waals surface area contributed by atoms with Crippen molar-refractivity contribution in [3.8, 4) is 0 Å². The summed E-state index contributed by atoms with van der Waals surface area (Å²) in [5.41, 5.74) is 2.21. The third kappa shape index (κ3) is 3.14. The fraction of sp³-hybridized carbons (Fsp3) is 0.500. The number of rotatable bonds is 4. The molecule has 5 nitrogen and oxygen atoms in total. The van der Waals surface area contributed by atoms with Gasteiger partial charge in [-0.1, -0.05) is 18.6 Å². The number of aromatic amines is 1. The van der Waals surface area contributed by atoms with Crippen molar-refractivity contribution in [3.05, 3.63) is 40.3 Å². The quantitative estimate of drug-likeness (QED) is 0.894. The first-order valence-electron chi connectivity index (χ1n) is 7.64. The Morgan fingerprint density at radius 2 is 2.24 bits per heavy atom. The maximum Gasteiger partial charge on any atom is 0.271 e. The zero-order valence-corrected chi connectivity index (χ0v) is 12.4. The summed E-state index contributed by atoms with van der Waals surface area (Å²) < 4.78 is 0. The van der Waals surface area contributed by atoms with Crippen molar-refractivity contribution in [3.63, 3.8) is 0 Å². The third-order valence-electron chi connectivity index (χ3n) is 4.21. The van der Waals surface area contributed by atoms with Gasteiger partial charge in [0.15, 0.2) is 0 Å². The number of piperidine rings is 1. The second-order valence-corrected chi connectivity index (χ2v) is 5.71. The molecule has 0 radical (unpaired) electrons. The number of nitrogens with one attached hydrogen (secondary N) is 2. The van der Waals surface area contributed by atoms with Gasteiger partial charge >= 0.3 is 0 Å². The lowest BCUT2D eigenvalue weighted by Crippen LogP contribution is -2.45. The van der Waals surface area contributed by atoms with Gasteiger partial charge in [0.2, 0.25) is 0 Å². The highest BCUT2D eigenvalue weighted by Crippen LogP contribution is 2.18. The Kier molecular flexibility index (Phi) is 4.31. The van der Waals surface area contributed by atoms with Gasteiger partial charge in [0.05, 0.1) is 11.0 Å². The Bertz CT molecular complexity index is 665. The predicted molar refractivity (Wildman–Crippen MR) is 84.3 cm³/mol. The molecule has 0 saturated carbocycles. The first kappa shape index (κ1) is 14.2. The number of nitrogens with zero attached hydrogens (tertiary/aromatic N) is 2. The van der Waals surface area contributed by atoms with E-state index in [-0.39, 0.29) is 5.56 Å². The van der Waals surface area contributed by atoms with E-state index in [9.17, 15) is 4.79 Å². The number of likely N-dealkylation sites (N-methyl/N-ethyl adjacent to an activating group) is 1. The Hall–Kier alpha value is -1.72. The van der Waals surface area contributed by atoms with Gasteiger partial charge in [0, 0.05) is 19.1 Å². The number of likely N-dealkylation sites (tertiary alicyclic amines) is 1. The molecule has 2 heterocycles. The van der Waals surface area contributed by atoms with Gasteiger partial charge in [-0.15, -0.1) is 0 Å². The fourth-order valence-corrected chi connectivity index (χ4v) is 3.10. The van der Waals surface area contributed by atoms with Crippen LogP contribution in [0.3, 0.4) is 0 Å². The number of H-pyrrole nitrogens is 1. The zero-order chi connectivity index (χ0) is 14.7. The van der Waals surface area contributed by atoms with Crippen LogP contribution in [-0.4, -0.2) is 41.0 Å². The highest BCUT2D eigenvalue weighted by molar-refractivity contribution is 5.73. The summed E-state index contributed by atoms with van der Waals surface area (Å²) in [6, 6.07) is 8.18. The topological polar surface area (TPSA) is 61.0 Å². The van der Waals surface area contributed by atoms with E-state index < -0.39 is 0 Å².